The third kappa shape index (κ3) is 12.7. The average molecular weight is 535 g/mol. The van der Waals surface area contributed by atoms with Gasteiger partial charge in [0.2, 0.25) is 0 Å². The van der Waals surface area contributed by atoms with E-state index in [0.29, 0.717) is 38.4 Å². The van der Waals surface area contributed by atoms with Crippen molar-refractivity contribution in [3.8, 4) is 0 Å². The summed E-state index contributed by atoms with van der Waals surface area (Å²) in [6.45, 7) is 19.0. The lowest BCUT2D eigenvalue weighted by Gasteiger charge is -2.30. The maximum Gasteiger partial charge on any atom is 0.191 e. The molecular weight excluding hydrogens is 491 g/mol. The van der Waals surface area contributed by atoms with E-state index in [0.717, 1.165) is 37.8 Å². The number of nitrogens with one attached hydrogen (secondary N) is 2. The summed E-state index contributed by atoms with van der Waals surface area (Å²) in [6, 6.07) is 9.49. The van der Waals surface area contributed by atoms with Crippen molar-refractivity contribution in [1.82, 2.24) is 15.5 Å². The zero-order valence-corrected chi connectivity index (χ0v) is 22.1. The maximum atomic E-state index is 5.66. The number of ether oxygens (including phenoxy) is 2. The van der Waals surface area contributed by atoms with E-state index in [9.17, 15) is 0 Å². The molecule has 1 rings (SSSR count). The van der Waals surface area contributed by atoms with E-state index in [-0.39, 0.29) is 24.0 Å². The van der Waals surface area contributed by atoms with E-state index >= 15 is 0 Å². The molecule has 0 saturated carbocycles. The van der Waals surface area contributed by atoms with Gasteiger partial charge in [0.15, 0.2) is 5.96 Å². The second-order valence-electron chi connectivity index (χ2n) is 7.62. The van der Waals surface area contributed by atoms with E-state index in [2.05, 4.69) is 74.4 Å². The Morgan fingerprint density at radius 1 is 1.00 bits per heavy atom. The van der Waals surface area contributed by atoms with E-state index in [1.165, 1.54) is 5.56 Å². The van der Waals surface area contributed by atoms with Crippen LogP contribution in [0.4, 0.5) is 0 Å². The molecule has 0 aliphatic heterocycles. The maximum absolute atomic E-state index is 5.66. The summed E-state index contributed by atoms with van der Waals surface area (Å²) in [7, 11) is 0. The molecule has 6 nitrogen and oxygen atoms in total. The fraction of sp³-hybridized carbons (Fsp3) is 0.696. The van der Waals surface area contributed by atoms with Crippen LogP contribution in [0, 0.1) is 0 Å². The molecule has 0 aromatic heterocycles. The summed E-state index contributed by atoms with van der Waals surface area (Å²) in [6.07, 6.45) is 0. The fourth-order valence-electron chi connectivity index (χ4n) is 3.20. The zero-order valence-electron chi connectivity index (χ0n) is 19.7. The standard InChI is InChI=1S/C23H42N4O2.HI/c1-7-24-23(25-12-13-27(19(3)4)20(5)6)26-17-21-10-9-11-22(16-21)18-29-15-14-28-8-2;/h9-11,16,19-20H,7-8,12-15,17-18H2,1-6H3,(H2,24,25,26);1H. The number of guanidine groups is 1. The number of nitrogens with zero attached hydrogens (tertiary/aromatic N) is 2. The Balaban J connectivity index is 0.00000841. The van der Waals surface area contributed by atoms with E-state index in [1.807, 2.05) is 6.92 Å². The van der Waals surface area contributed by atoms with Crippen molar-refractivity contribution in [1.29, 1.82) is 0 Å². The van der Waals surface area contributed by atoms with Gasteiger partial charge in [0.05, 0.1) is 26.4 Å². The van der Waals surface area contributed by atoms with Crippen LogP contribution < -0.4 is 10.6 Å². The molecule has 1 aromatic carbocycles. The molecule has 7 heteroatoms. The van der Waals surface area contributed by atoms with Gasteiger partial charge in [-0.3, -0.25) is 4.90 Å². The van der Waals surface area contributed by atoms with Crippen LogP contribution in [0.5, 0.6) is 0 Å². The smallest absolute Gasteiger partial charge is 0.191 e. The Kier molecular flexibility index (Phi) is 17.2. The van der Waals surface area contributed by atoms with Gasteiger partial charge in [-0.15, -0.1) is 24.0 Å². The van der Waals surface area contributed by atoms with Crippen LogP contribution in [0.2, 0.25) is 0 Å². The molecular formula is C23H43IN4O2. The summed E-state index contributed by atoms with van der Waals surface area (Å²) in [5.41, 5.74) is 2.34. The molecule has 1 aromatic rings. The summed E-state index contributed by atoms with van der Waals surface area (Å²) in [4.78, 5) is 7.23. The minimum Gasteiger partial charge on any atom is -0.379 e. The lowest BCUT2D eigenvalue weighted by molar-refractivity contribution is 0.0453. The number of aliphatic imine (C=N–C) groups is 1. The summed E-state index contributed by atoms with van der Waals surface area (Å²) in [5, 5.41) is 6.79. The minimum absolute atomic E-state index is 0. The zero-order chi connectivity index (χ0) is 21.5. The summed E-state index contributed by atoms with van der Waals surface area (Å²) in [5.74, 6) is 0.860. The van der Waals surface area contributed by atoms with Gasteiger partial charge in [0.25, 0.3) is 0 Å². The van der Waals surface area contributed by atoms with E-state index < -0.39 is 0 Å². The first kappa shape index (κ1) is 29.1. The molecule has 0 spiro atoms. The van der Waals surface area contributed by atoms with Crippen LogP contribution in [0.3, 0.4) is 0 Å². The summed E-state index contributed by atoms with van der Waals surface area (Å²) >= 11 is 0. The second-order valence-corrected chi connectivity index (χ2v) is 7.62. The fourth-order valence-corrected chi connectivity index (χ4v) is 3.20. The number of benzene rings is 1. The van der Waals surface area contributed by atoms with Gasteiger partial charge in [-0.25, -0.2) is 4.99 Å². The van der Waals surface area contributed by atoms with Crippen LogP contribution in [0.25, 0.3) is 0 Å². The second kappa shape index (κ2) is 17.7. The monoisotopic (exact) mass is 534 g/mol. The van der Waals surface area contributed by atoms with Crippen molar-refractivity contribution >= 4 is 29.9 Å². The molecule has 0 fully saturated rings. The van der Waals surface area contributed by atoms with Crippen LogP contribution in [0.15, 0.2) is 29.3 Å². The van der Waals surface area contributed by atoms with Crippen molar-refractivity contribution in [2.24, 2.45) is 4.99 Å². The van der Waals surface area contributed by atoms with Crippen LogP contribution in [0.1, 0.15) is 52.7 Å². The van der Waals surface area contributed by atoms with Gasteiger partial charge in [-0.1, -0.05) is 24.3 Å². The molecule has 0 saturated heterocycles. The third-order valence-corrected chi connectivity index (χ3v) is 4.59. The van der Waals surface area contributed by atoms with Gasteiger partial charge >= 0.3 is 0 Å². The first-order valence-electron chi connectivity index (χ1n) is 11.0. The first-order chi connectivity index (χ1) is 14.0. The van der Waals surface area contributed by atoms with Gasteiger partial charge in [-0.05, 0) is 52.7 Å². The average Bonchev–Trinajstić information content (AvgIpc) is 2.68. The molecule has 0 amide bonds. The first-order valence-corrected chi connectivity index (χ1v) is 11.0. The third-order valence-electron chi connectivity index (χ3n) is 4.59. The van der Waals surface area contributed by atoms with E-state index in [1.54, 1.807) is 0 Å². The predicted octanol–water partition coefficient (Wildman–Crippen LogP) is 4.03. The van der Waals surface area contributed by atoms with Gasteiger partial charge in [0, 0.05) is 38.3 Å². The van der Waals surface area contributed by atoms with Crippen LogP contribution in [-0.2, 0) is 22.6 Å². The minimum atomic E-state index is 0. The van der Waals surface area contributed by atoms with Crippen molar-refractivity contribution < 1.29 is 9.47 Å². The SMILES string of the molecule is CCNC(=NCc1cccc(COCCOCC)c1)NCCN(C(C)C)C(C)C.I. The number of halogens is 1. The van der Waals surface area contributed by atoms with Gasteiger partial charge < -0.3 is 20.1 Å². The van der Waals surface area contributed by atoms with Crippen molar-refractivity contribution in [2.45, 2.75) is 66.8 Å². The molecule has 0 aliphatic carbocycles. The molecule has 0 unspecified atom stereocenters. The Morgan fingerprint density at radius 3 is 2.30 bits per heavy atom. The number of hydrogen-bond donors (Lipinski definition) is 2. The van der Waals surface area contributed by atoms with Crippen LogP contribution >= 0.6 is 24.0 Å². The highest BCUT2D eigenvalue weighted by Crippen LogP contribution is 2.08. The lowest BCUT2D eigenvalue weighted by Crippen LogP contribution is -2.45. The van der Waals surface area contributed by atoms with Crippen LogP contribution in [-0.4, -0.2) is 62.4 Å². The molecule has 0 heterocycles. The Labute approximate surface area is 201 Å². The number of hydrogen-bond acceptors (Lipinski definition) is 4. The van der Waals surface area contributed by atoms with E-state index in [4.69, 9.17) is 14.5 Å². The van der Waals surface area contributed by atoms with Gasteiger partial charge in [0.1, 0.15) is 0 Å². The van der Waals surface area contributed by atoms with Crippen molar-refractivity contribution in [2.75, 3.05) is 39.5 Å². The Hall–Kier alpha value is -0.900. The largest absolute Gasteiger partial charge is 0.379 e. The highest BCUT2D eigenvalue weighted by Gasteiger charge is 2.12. The molecule has 0 aliphatic rings. The molecule has 0 atom stereocenters. The Bertz CT molecular complexity index is 574. The number of rotatable bonds is 14. The molecule has 0 bridgehead atoms. The molecule has 0 radical (unpaired) electrons. The highest BCUT2D eigenvalue weighted by atomic mass is 127. The lowest BCUT2D eigenvalue weighted by atomic mass is 10.1. The van der Waals surface area contributed by atoms with Crippen molar-refractivity contribution in [3.05, 3.63) is 35.4 Å². The molecule has 2 N–H and O–H groups in total. The molecule has 174 valence electrons. The topological polar surface area (TPSA) is 58.1 Å². The predicted molar refractivity (Wildman–Crippen MR) is 138 cm³/mol. The Morgan fingerprint density at radius 2 is 1.67 bits per heavy atom. The van der Waals surface area contributed by atoms with Crippen molar-refractivity contribution in [3.63, 3.8) is 0 Å². The summed E-state index contributed by atoms with van der Waals surface area (Å²) < 4.78 is 11.0. The van der Waals surface area contributed by atoms with Gasteiger partial charge in [-0.2, -0.15) is 0 Å². The highest BCUT2D eigenvalue weighted by molar-refractivity contribution is 14.0. The normalized spacial score (nSPS) is 11.8. The quantitative estimate of drug-likeness (QED) is 0.163. The molecule has 30 heavy (non-hydrogen) atoms.